The van der Waals surface area contributed by atoms with Gasteiger partial charge >= 0.3 is 0 Å². The van der Waals surface area contributed by atoms with Gasteiger partial charge in [0.25, 0.3) is 0 Å². The van der Waals surface area contributed by atoms with Gasteiger partial charge in [-0.05, 0) is 13.8 Å². The quantitative estimate of drug-likeness (QED) is 0.0268. The van der Waals surface area contributed by atoms with E-state index >= 15 is 0 Å². The van der Waals surface area contributed by atoms with Gasteiger partial charge in [-0.25, -0.2) is 0 Å². The lowest BCUT2D eigenvalue weighted by Crippen LogP contribution is -2.69. The maximum absolute atomic E-state index is 12.2. The normalized spacial score (nSPS) is 49.3. The van der Waals surface area contributed by atoms with Gasteiger partial charge in [0.2, 0.25) is 0 Å². The summed E-state index contributed by atoms with van der Waals surface area (Å²) in [5.74, 6) is 0. The van der Waals surface area contributed by atoms with Crippen molar-refractivity contribution in [2.75, 3.05) is 46.2 Å². The van der Waals surface area contributed by atoms with Crippen LogP contribution in [0.15, 0.2) is 12.7 Å². The zero-order valence-corrected chi connectivity index (χ0v) is 48.9. The van der Waals surface area contributed by atoms with E-state index < -0.39 is 285 Å². The molecule has 7 heterocycles. The van der Waals surface area contributed by atoms with Crippen LogP contribution in [0.4, 0.5) is 0 Å². The van der Waals surface area contributed by atoms with Gasteiger partial charge in [0.05, 0.1) is 70.5 Å². The number of ether oxygens (including phenoxy) is 15. The van der Waals surface area contributed by atoms with Crippen molar-refractivity contribution in [3.8, 4) is 0 Å². The fraction of sp³-hybridized carbons (Fsp3) is 0.961. The van der Waals surface area contributed by atoms with E-state index in [1.807, 2.05) is 0 Å². The van der Waals surface area contributed by atoms with E-state index in [0.29, 0.717) is 0 Å². The van der Waals surface area contributed by atoms with E-state index in [1.54, 1.807) is 0 Å². The van der Waals surface area contributed by atoms with Gasteiger partial charge in [0, 0.05) is 0 Å². The summed E-state index contributed by atoms with van der Waals surface area (Å²) in [5.41, 5.74) is 13.4. The molecule has 0 aromatic heterocycles. The Bertz CT molecular complexity index is 2180. The lowest BCUT2D eigenvalue weighted by molar-refractivity contribution is -0.380. The second-order valence-electron chi connectivity index (χ2n) is 23.1. The highest BCUT2D eigenvalue weighted by Gasteiger charge is 2.58. The van der Waals surface area contributed by atoms with Crippen LogP contribution in [0, 0.1) is 0 Å². The maximum Gasteiger partial charge on any atom is 0.187 e. The molecule has 7 aliphatic rings. The summed E-state index contributed by atoms with van der Waals surface area (Å²) in [4.78, 5) is 0. The van der Waals surface area contributed by atoms with Crippen molar-refractivity contribution in [1.82, 2.24) is 0 Å². The van der Waals surface area contributed by atoms with Gasteiger partial charge in [-0.2, -0.15) is 0 Å². The van der Waals surface area contributed by atoms with E-state index in [0.717, 1.165) is 0 Å². The molecule has 91 heavy (non-hydrogen) atoms. The van der Waals surface area contributed by atoms with Crippen molar-refractivity contribution in [1.29, 1.82) is 0 Å². The minimum atomic E-state index is -2.78. The highest BCUT2D eigenvalue weighted by Crippen LogP contribution is 2.37. The van der Waals surface area contributed by atoms with Crippen LogP contribution in [0.1, 0.15) is 13.8 Å². The fourth-order valence-electron chi connectivity index (χ4n) is 11.3. The number of nitrogens with two attached hydrogens (primary N) is 2. The number of aliphatic hydroxyl groups is 23. The Hall–Kier alpha value is -1.86. The molecule has 7 rings (SSSR count). The lowest BCUT2D eigenvalue weighted by Gasteiger charge is -2.50. The van der Waals surface area contributed by atoms with Crippen LogP contribution < -0.4 is 11.5 Å². The van der Waals surface area contributed by atoms with Crippen molar-refractivity contribution < 1.29 is 189 Å². The molecule has 0 aliphatic carbocycles. The molecule has 0 bridgehead atoms. The van der Waals surface area contributed by atoms with E-state index in [2.05, 4.69) is 6.58 Å². The van der Waals surface area contributed by atoms with Gasteiger partial charge in [0.1, 0.15) is 171 Å². The summed E-state index contributed by atoms with van der Waals surface area (Å²) in [7, 11) is 0. The molecule has 0 aromatic rings. The number of hydrogen-bond donors (Lipinski definition) is 25. The Morgan fingerprint density at radius 1 is 0.374 bits per heavy atom. The van der Waals surface area contributed by atoms with E-state index in [4.69, 9.17) is 82.5 Å². The molecule has 40 nitrogen and oxygen atoms in total. The van der Waals surface area contributed by atoms with E-state index in [1.165, 1.54) is 19.9 Å². The molecule has 7 saturated heterocycles. The highest BCUT2D eigenvalue weighted by atomic mass is 16.8. The summed E-state index contributed by atoms with van der Waals surface area (Å²) in [6.45, 7) is -0.586. The first-order chi connectivity index (χ1) is 43.0. The SMILES string of the molecule is C=CCO[C@@H]1OC(CO)[C@H](O[C@@H](O)C(O)C(O[C@@H]2OC(CO)[C@H](O[C@@H]3OC(C)[C@H](O)C(O)C3O)C(O[C@@H]3OC(CO)[C@H](O)C(O)C3O)C2N)[C@@H](O)C(O)CO[C@@H]2OC(CO)[C@H](O[C@@H]3OC(CO)[C@H](O)C(O)C3O)C(OC3OC(C)[C@@H](O)C(O)C3O)C2N)C(O)C1O. The van der Waals surface area contributed by atoms with Crippen LogP contribution in [0.5, 0.6) is 0 Å². The molecule has 0 spiro atoms. The highest BCUT2D eigenvalue weighted by molar-refractivity contribution is 5.02. The monoisotopic (exact) mass is 1340 g/mol. The number of hydrogen-bond acceptors (Lipinski definition) is 40. The second-order valence-corrected chi connectivity index (χ2v) is 23.1. The van der Waals surface area contributed by atoms with Gasteiger partial charge in [-0.15, -0.1) is 6.58 Å². The van der Waals surface area contributed by atoms with Gasteiger partial charge in [0.15, 0.2) is 50.3 Å². The molecule has 40 atom stereocenters. The van der Waals surface area contributed by atoms with Gasteiger partial charge in [-0.3, -0.25) is 0 Å². The van der Waals surface area contributed by atoms with Crippen LogP contribution in [0.25, 0.3) is 0 Å². The first kappa shape index (κ1) is 76.5. The summed E-state index contributed by atoms with van der Waals surface area (Å²) in [5, 5.41) is 250. The average Bonchev–Trinajstić information content (AvgIpc) is 0.859. The average molecular weight is 1340 g/mol. The molecule has 532 valence electrons. The topological polar surface area (TPSA) is 656 Å². The Kier molecular flexibility index (Phi) is 28.2. The lowest BCUT2D eigenvalue weighted by atomic mass is 9.94. The largest absolute Gasteiger partial charge is 0.394 e. The van der Waals surface area contributed by atoms with Crippen molar-refractivity contribution >= 4 is 0 Å². The Morgan fingerprint density at radius 2 is 0.725 bits per heavy atom. The molecule has 0 amide bonds. The molecule has 7 fully saturated rings. The first-order valence-electron chi connectivity index (χ1n) is 29.2. The number of rotatable bonds is 27. The molecule has 40 heteroatoms. The van der Waals surface area contributed by atoms with E-state index in [-0.39, 0.29) is 6.61 Å². The smallest absolute Gasteiger partial charge is 0.187 e. The summed E-state index contributed by atoms with van der Waals surface area (Å²) in [6, 6.07) is -3.85. The fourth-order valence-corrected chi connectivity index (χ4v) is 11.3. The van der Waals surface area contributed by atoms with Crippen molar-refractivity contribution in [2.45, 2.75) is 259 Å². The summed E-state index contributed by atoms with van der Waals surface area (Å²) >= 11 is 0. The first-order valence-corrected chi connectivity index (χ1v) is 29.2. The summed E-state index contributed by atoms with van der Waals surface area (Å²) < 4.78 is 86.4. The Balaban J connectivity index is 1.20. The third kappa shape index (κ3) is 16.8. The molecule has 25 unspecified atom stereocenters. The molecule has 0 saturated carbocycles. The molecule has 0 aromatic carbocycles. The van der Waals surface area contributed by atoms with Crippen LogP contribution >= 0.6 is 0 Å². The van der Waals surface area contributed by atoms with Crippen molar-refractivity contribution in [3.63, 3.8) is 0 Å². The third-order valence-corrected chi connectivity index (χ3v) is 16.8. The Labute approximate surface area is 517 Å². The second kappa shape index (κ2) is 33.6. The minimum Gasteiger partial charge on any atom is -0.394 e. The van der Waals surface area contributed by atoms with Crippen LogP contribution in [-0.4, -0.2) is 409 Å². The maximum atomic E-state index is 12.2. The van der Waals surface area contributed by atoms with Gasteiger partial charge < -0.3 is 200 Å². The predicted octanol–water partition coefficient (Wildman–Crippen LogP) is -16.3. The van der Waals surface area contributed by atoms with Gasteiger partial charge in [-0.1, -0.05) is 6.08 Å². The van der Waals surface area contributed by atoms with Crippen molar-refractivity contribution in [2.24, 2.45) is 11.5 Å². The van der Waals surface area contributed by atoms with Crippen LogP contribution in [0.2, 0.25) is 0 Å². The number of aliphatic hydroxyl groups excluding tert-OH is 23. The van der Waals surface area contributed by atoms with Crippen LogP contribution in [-0.2, 0) is 71.1 Å². The molecule has 27 N–H and O–H groups in total. The molecule has 0 radical (unpaired) electrons. The molecule has 7 aliphatic heterocycles. The van der Waals surface area contributed by atoms with Crippen molar-refractivity contribution in [3.05, 3.63) is 12.7 Å². The third-order valence-electron chi connectivity index (χ3n) is 16.8. The zero-order chi connectivity index (χ0) is 67.4. The standard InChI is InChI=1S/C51H90N2O38/c1-4-5-77-47-36(74)31(69)38(17(8-56)85-47)86-44(76)37(75)43(91-46-21(53)42(90-51-35(73)30(68)26(64)16(7-55)82-51)40(19(10-58)84-46)87-48-32(70)27(65)22(60)12(2)79-48)24(62)14(59)11-78-45-20(52)41(89-49-33(71)28(66)23(61)13(3)80-49)39(18(9-57)83-45)88-50-34(72)29(67)25(63)15(6-54)81-50/h4,12-51,54-76H,1,5-11,52-53H2,2-3H3/t12?,13?,14?,15?,16?,17?,18?,19?,20?,21?,22-,23+,24-,25-,26-,27?,28?,29?,30?,31?,32?,33?,34?,35?,36?,37?,38-,39-,40-,41?,42?,43?,44+,45+,46-,47+,48-,49?,50-,51-/m0/s1. The van der Waals surface area contributed by atoms with Crippen LogP contribution in [0.3, 0.4) is 0 Å². The molecular formula is C51H90N2O38. The summed E-state index contributed by atoms with van der Waals surface area (Å²) in [6.07, 6.45) is -74.0. The van der Waals surface area contributed by atoms with E-state index in [9.17, 15) is 117 Å². The predicted molar refractivity (Wildman–Crippen MR) is 283 cm³/mol. The zero-order valence-electron chi connectivity index (χ0n) is 48.9. The minimum absolute atomic E-state index is 0.236. The molecular weight excluding hydrogens is 1250 g/mol. The Morgan fingerprint density at radius 3 is 1.15 bits per heavy atom.